The van der Waals surface area contributed by atoms with E-state index in [2.05, 4.69) is 37.0 Å². The van der Waals surface area contributed by atoms with Crippen LogP contribution in [0.5, 0.6) is 0 Å². The molecule has 0 fully saturated rings. The number of rotatable bonds is 5. The molecule has 0 bridgehead atoms. The molecular formula is C9H11IN2O4S. The van der Waals surface area contributed by atoms with Crippen molar-refractivity contribution in [3.8, 4) is 0 Å². The molecule has 0 aliphatic heterocycles. The quantitative estimate of drug-likeness (QED) is 0.617. The van der Waals surface area contributed by atoms with Crippen molar-refractivity contribution in [3.63, 3.8) is 0 Å². The number of carbonyl (C=O) groups excluding carboxylic acids is 1. The minimum absolute atomic E-state index is 0.184. The molecule has 0 unspecified atom stereocenters. The molecule has 0 amide bonds. The van der Waals surface area contributed by atoms with E-state index in [1.165, 1.54) is 7.11 Å². The Labute approximate surface area is 113 Å². The van der Waals surface area contributed by atoms with E-state index in [4.69, 9.17) is 0 Å². The second kappa shape index (κ2) is 6.15. The van der Waals surface area contributed by atoms with E-state index in [0.29, 0.717) is 0 Å². The molecule has 1 rings (SSSR count). The molecule has 6 nitrogen and oxygen atoms in total. The Morgan fingerprint density at radius 3 is 2.76 bits per heavy atom. The largest absolute Gasteiger partial charge is 0.469 e. The minimum Gasteiger partial charge on any atom is -0.469 e. The average molecular weight is 370 g/mol. The van der Waals surface area contributed by atoms with Crippen molar-refractivity contribution in [2.75, 3.05) is 17.6 Å². The fraction of sp³-hybridized carbons (Fsp3) is 0.333. The molecule has 0 aromatic carbocycles. The lowest BCUT2D eigenvalue weighted by atomic mass is 10.5. The molecule has 1 aromatic heterocycles. The topological polar surface area (TPSA) is 85.4 Å². The maximum atomic E-state index is 11.5. The number of nitrogens with one attached hydrogen (secondary N) is 1. The van der Waals surface area contributed by atoms with E-state index < -0.39 is 16.0 Å². The second-order valence-corrected chi connectivity index (χ2v) is 6.20. The van der Waals surface area contributed by atoms with Gasteiger partial charge in [0, 0.05) is 9.77 Å². The molecule has 1 heterocycles. The molecule has 0 aliphatic carbocycles. The first-order valence-corrected chi connectivity index (χ1v) is 7.35. The van der Waals surface area contributed by atoms with Crippen LogP contribution in [0.2, 0.25) is 0 Å². The number of pyridine rings is 1. The Bertz CT molecular complexity index is 486. The number of hydrogen-bond donors (Lipinski definition) is 1. The van der Waals surface area contributed by atoms with Gasteiger partial charge in [0.25, 0.3) is 0 Å². The van der Waals surface area contributed by atoms with Gasteiger partial charge in [0.1, 0.15) is 5.82 Å². The van der Waals surface area contributed by atoms with Crippen LogP contribution in [0.3, 0.4) is 0 Å². The summed E-state index contributed by atoms with van der Waals surface area (Å²) in [5, 5.41) is 0. The zero-order valence-electron chi connectivity index (χ0n) is 9.01. The van der Waals surface area contributed by atoms with Gasteiger partial charge < -0.3 is 4.74 Å². The molecule has 94 valence electrons. The van der Waals surface area contributed by atoms with Gasteiger partial charge in [-0.05, 0) is 34.7 Å². The number of methoxy groups -OCH3 is 1. The van der Waals surface area contributed by atoms with Crippen molar-refractivity contribution < 1.29 is 17.9 Å². The zero-order chi connectivity index (χ0) is 12.9. The number of carbonyl (C=O) groups is 1. The van der Waals surface area contributed by atoms with Gasteiger partial charge in [0.05, 0.1) is 19.3 Å². The lowest BCUT2D eigenvalue weighted by Crippen LogP contribution is -2.20. The van der Waals surface area contributed by atoms with E-state index >= 15 is 0 Å². The fourth-order valence-electron chi connectivity index (χ4n) is 0.966. The molecule has 8 heteroatoms. The number of sulfonamides is 1. The number of aromatic nitrogens is 1. The highest BCUT2D eigenvalue weighted by molar-refractivity contribution is 14.1. The number of anilines is 1. The van der Waals surface area contributed by atoms with Crippen LogP contribution in [0.4, 0.5) is 5.82 Å². The molecule has 1 N–H and O–H groups in total. The lowest BCUT2D eigenvalue weighted by molar-refractivity contribution is -0.140. The summed E-state index contributed by atoms with van der Waals surface area (Å²) in [6.45, 7) is 0. The Morgan fingerprint density at radius 2 is 2.24 bits per heavy atom. The predicted octanol–water partition coefficient (Wildman–Crippen LogP) is 0.991. The number of hydrogen-bond acceptors (Lipinski definition) is 5. The van der Waals surface area contributed by atoms with Crippen LogP contribution in [0, 0.1) is 3.57 Å². The summed E-state index contributed by atoms with van der Waals surface area (Å²) in [4.78, 5) is 14.7. The third-order valence-electron chi connectivity index (χ3n) is 1.79. The molecule has 17 heavy (non-hydrogen) atoms. The third kappa shape index (κ3) is 5.31. The van der Waals surface area contributed by atoms with Crippen LogP contribution in [-0.2, 0) is 19.6 Å². The van der Waals surface area contributed by atoms with Crippen molar-refractivity contribution in [2.45, 2.75) is 6.42 Å². The van der Waals surface area contributed by atoms with Gasteiger partial charge in [0.2, 0.25) is 10.0 Å². The van der Waals surface area contributed by atoms with E-state index in [-0.39, 0.29) is 18.0 Å². The van der Waals surface area contributed by atoms with Crippen molar-refractivity contribution in [2.24, 2.45) is 0 Å². The van der Waals surface area contributed by atoms with Crippen molar-refractivity contribution in [3.05, 3.63) is 21.9 Å². The SMILES string of the molecule is COC(=O)CCS(=O)(=O)Nc1ccc(I)cn1. The first-order valence-electron chi connectivity index (χ1n) is 4.62. The molecule has 0 saturated heterocycles. The number of nitrogens with zero attached hydrogens (tertiary/aromatic N) is 1. The van der Waals surface area contributed by atoms with Gasteiger partial charge in [0.15, 0.2) is 0 Å². The zero-order valence-corrected chi connectivity index (χ0v) is 12.0. The first kappa shape index (κ1) is 14.2. The average Bonchev–Trinajstić information content (AvgIpc) is 2.29. The first-order chi connectivity index (χ1) is 7.93. The molecule has 0 saturated carbocycles. The Balaban J connectivity index is 2.60. The summed E-state index contributed by atoms with van der Waals surface area (Å²) in [5.74, 6) is -0.658. The summed E-state index contributed by atoms with van der Waals surface area (Å²) in [5.41, 5.74) is 0. The fourth-order valence-corrected chi connectivity index (χ4v) is 2.26. The monoisotopic (exact) mass is 370 g/mol. The normalized spacial score (nSPS) is 10.9. The highest BCUT2D eigenvalue weighted by atomic mass is 127. The van der Waals surface area contributed by atoms with Crippen LogP contribution >= 0.6 is 22.6 Å². The summed E-state index contributed by atoms with van der Waals surface area (Å²) in [6.07, 6.45) is 1.36. The molecule has 0 radical (unpaired) electrons. The van der Waals surface area contributed by atoms with E-state index in [0.717, 1.165) is 3.57 Å². The summed E-state index contributed by atoms with van der Waals surface area (Å²) < 4.78 is 30.6. The van der Waals surface area contributed by atoms with Crippen molar-refractivity contribution in [1.29, 1.82) is 0 Å². The molecular weight excluding hydrogens is 359 g/mol. The van der Waals surface area contributed by atoms with Crippen LogP contribution in [0.1, 0.15) is 6.42 Å². The van der Waals surface area contributed by atoms with Crippen LogP contribution < -0.4 is 4.72 Å². The third-order valence-corrected chi connectivity index (χ3v) is 3.69. The molecule has 1 aromatic rings. The predicted molar refractivity (Wildman–Crippen MR) is 71.0 cm³/mol. The summed E-state index contributed by atoms with van der Waals surface area (Å²) in [7, 11) is -2.36. The number of esters is 1. The van der Waals surface area contributed by atoms with Gasteiger partial charge in [-0.15, -0.1) is 0 Å². The molecule has 0 spiro atoms. The maximum absolute atomic E-state index is 11.5. The minimum atomic E-state index is -3.57. The number of halogens is 1. The molecule has 0 aliphatic rings. The van der Waals surface area contributed by atoms with E-state index in [9.17, 15) is 13.2 Å². The Kier molecular flexibility index (Phi) is 5.12. The second-order valence-electron chi connectivity index (χ2n) is 3.11. The van der Waals surface area contributed by atoms with Crippen molar-refractivity contribution >= 4 is 44.4 Å². The molecule has 0 atom stereocenters. The summed E-state index contributed by atoms with van der Waals surface area (Å²) in [6, 6.07) is 3.28. The van der Waals surface area contributed by atoms with E-state index in [1.807, 2.05) is 0 Å². The highest BCUT2D eigenvalue weighted by Gasteiger charge is 2.14. The summed E-state index contributed by atoms with van der Waals surface area (Å²) >= 11 is 2.06. The van der Waals surface area contributed by atoms with Gasteiger partial charge in [-0.2, -0.15) is 0 Å². The van der Waals surface area contributed by atoms with E-state index in [1.54, 1.807) is 18.3 Å². The number of ether oxygens (including phenoxy) is 1. The highest BCUT2D eigenvalue weighted by Crippen LogP contribution is 2.09. The van der Waals surface area contributed by atoms with Gasteiger partial charge >= 0.3 is 5.97 Å². The van der Waals surface area contributed by atoms with Gasteiger partial charge in [-0.25, -0.2) is 13.4 Å². The van der Waals surface area contributed by atoms with Crippen LogP contribution in [-0.4, -0.2) is 32.2 Å². The smallest absolute Gasteiger partial charge is 0.306 e. The lowest BCUT2D eigenvalue weighted by Gasteiger charge is -2.06. The van der Waals surface area contributed by atoms with Gasteiger partial charge in [-0.1, -0.05) is 0 Å². The van der Waals surface area contributed by atoms with Crippen LogP contribution in [0.15, 0.2) is 18.3 Å². The standard InChI is InChI=1S/C9H11IN2O4S/c1-16-9(13)4-5-17(14,15)12-8-3-2-7(10)6-11-8/h2-3,6H,4-5H2,1H3,(H,11,12). The van der Waals surface area contributed by atoms with Gasteiger partial charge in [-0.3, -0.25) is 9.52 Å². The van der Waals surface area contributed by atoms with Crippen LogP contribution in [0.25, 0.3) is 0 Å². The Hall–Kier alpha value is -0.900. The van der Waals surface area contributed by atoms with Crippen molar-refractivity contribution in [1.82, 2.24) is 4.98 Å². The maximum Gasteiger partial charge on any atom is 0.306 e. The Morgan fingerprint density at radius 1 is 1.53 bits per heavy atom.